The molecule has 2 heterocycles. The summed E-state index contributed by atoms with van der Waals surface area (Å²) in [5.74, 6) is -3.85. The van der Waals surface area contributed by atoms with Gasteiger partial charge in [-0.05, 0) is 63.8 Å². The SMILES string of the molecule is C=C[C@H]1O[C@H]2C[C@H]3OC[C@@]3(OC(C)=O)[C@H]3[C@H](OC(=O)c4ccccc4)[C@]4(O)C[C@H](OC(=O)[C@@H](O)[C@H](CC(C)C)NC(=O)OC(C)(C)C)C(C)=C([C@H](C)[C@H](O1)[C@]23C)C4(C)C. The second-order valence-electron chi connectivity index (χ2n) is 19.3. The molecule has 0 spiro atoms. The first kappa shape index (κ1) is 44.7. The molecule has 0 radical (unpaired) electrons. The van der Waals surface area contributed by atoms with Gasteiger partial charge in [0.15, 0.2) is 18.0 Å². The molecule has 14 nitrogen and oxygen atoms in total. The van der Waals surface area contributed by atoms with E-state index in [2.05, 4.69) is 11.9 Å². The molecule has 3 N–H and O–H groups in total. The van der Waals surface area contributed by atoms with Crippen molar-refractivity contribution in [1.82, 2.24) is 5.32 Å². The number of ether oxygens (including phenoxy) is 7. The third kappa shape index (κ3) is 7.73. The summed E-state index contributed by atoms with van der Waals surface area (Å²) in [5.41, 5.74) is -4.96. The van der Waals surface area contributed by atoms with E-state index in [1.807, 2.05) is 48.5 Å². The third-order valence-corrected chi connectivity index (χ3v) is 13.5. The maximum absolute atomic E-state index is 14.4. The highest BCUT2D eigenvalue weighted by atomic mass is 16.7. The smallest absolute Gasteiger partial charge is 0.407 e. The second kappa shape index (κ2) is 15.9. The number of carbonyl (C=O) groups is 4. The van der Waals surface area contributed by atoms with Crippen molar-refractivity contribution in [3.8, 4) is 0 Å². The summed E-state index contributed by atoms with van der Waals surface area (Å²) in [6.45, 7) is 23.6. The molecule has 3 aliphatic carbocycles. The molecule has 2 aliphatic heterocycles. The summed E-state index contributed by atoms with van der Waals surface area (Å²) in [4.78, 5) is 54.5. The molecule has 14 heteroatoms. The number of benzene rings is 1. The molecule has 13 atom stereocenters. The molecule has 4 fully saturated rings. The Labute approximate surface area is 347 Å². The van der Waals surface area contributed by atoms with Gasteiger partial charge in [-0.25, -0.2) is 14.4 Å². The lowest BCUT2D eigenvalue weighted by Gasteiger charge is -2.71. The van der Waals surface area contributed by atoms with Gasteiger partial charge < -0.3 is 48.7 Å². The average molecular weight is 826 g/mol. The van der Waals surface area contributed by atoms with Crippen LogP contribution in [-0.2, 0) is 42.7 Å². The van der Waals surface area contributed by atoms with Crippen LogP contribution in [-0.4, -0.2) is 107 Å². The molecule has 326 valence electrons. The van der Waals surface area contributed by atoms with Crippen molar-refractivity contribution in [1.29, 1.82) is 0 Å². The fourth-order valence-corrected chi connectivity index (χ4v) is 11.0. The van der Waals surface area contributed by atoms with Crippen LogP contribution in [0.3, 0.4) is 0 Å². The minimum atomic E-state index is -2.02. The van der Waals surface area contributed by atoms with E-state index in [4.69, 9.17) is 33.2 Å². The lowest BCUT2D eigenvalue weighted by atomic mass is 9.43. The Bertz CT molecular complexity index is 1840. The number of rotatable bonds is 10. The number of fused-ring (bicyclic) bond motifs is 4. The molecule has 0 aromatic heterocycles. The molecule has 2 saturated carbocycles. The Hall–Kier alpha value is -3.82. The number of esters is 3. The van der Waals surface area contributed by atoms with Gasteiger partial charge in [0, 0.05) is 36.5 Å². The number of hydrogen-bond acceptors (Lipinski definition) is 13. The molecular formula is C45H63NO13. The Morgan fingerprint density at radius 1 is 1.05 bits per heavy atom. The number of nitrogens with one attached hydrogen (secondary N) is 1. The Balaban J connectivity index is 1.51. The number of aliphatic hydroxyl groups is 2. The quantitative estimate of drug-likeness (QED) is 0.151. The van der Waals surface area contributed by atoms with E-state index in [0.29, 0.717) is 17.6 Å². The highest BCUT2D eigenvalue weighted by Crippen LogP contribution is 2.68. The summed E-state index contributed by atoms with van der Waals surface area (Å²) in [6, 6.07) is 7.32. The zero-order valence-corrected chi connectivity index (χ0v) is 36.2. The molecule has 2 bridgehead atoms. The Kier molecular flexibility index (Phi) is 12.1. The van der Waals surface area contributed by atoms with Gasteiger partial charge in [0.25, 0.3) is 0 Å². The molecule has 2 saturated heterocycles. The van der Waals surface area contributed by atoms with Crippen molar-refractivity contribution in [3.63, 3.8) is 0 Å². The highest BCUT2D eigenvalue weighted by molar-refractivity contribution is 5.89. The van der Waals surface area contributed by atoms with Crippen LogP contribution in [0.1, 0.15) is 106 Å². The van der Waals surface area contributed by atoms with E-state index < -0.39 is 112 Å². The van der Waals surface area contributed by atoms with E-state index in [9.17, 15) is 29.4 Å². The second-order valence-corrected chi connectivity index (χ2v) is 19.3. The Morgan fingerprint density at radius 2 is 1.71 bits per heavy atom. The number of aliphatic hydroxyl groups excluding tert-OH is 1. The molecule has 1 aromatic carbocycles. The Morgan fingerprint density at radius 3 is 2.27 bits per heavy atom. The number of carbonyl (C=O) groups excluding carboxylic acids is 4. The van der Waals surface area contributed by atoms with E-state index >= 15 is 0 Å². The van der Waals surface area contributed by atoms with Crippen molar-refractivity contribution in [2.24, 2.45) is 28.6 Å². The molecule has 1 amide bonds. The maximum Gasteiger partial charge on any atom is 0.407 e. The molecule has 5 aliphatic rings. The maximum atomic E-state index is 14.4. The molecule has 0 unspecified atom stereocenters. The molecule has 59 heavy (non-hydrogen) atoms. The minimum absolute atomic E-state index is 0.0405. The van der Waals surface area contributed by atoms with Crippen LogP contribution in [0.2, 0.25) is 0 Å². The lowest BCUT2D eigenvalue weighted by molar-refractivity contribution is -0.403. The first-order valence-corrected chi connectivity index (χ1v) is 20.7. The first-order chi connectivity index (χ1) is 27.4. The normalized spacial score (nSPS) is 36.8. The van der Waals surface area contributed by atoms with Crippen molar-refractivity contribution < 1.29 is 62.5 Å². The average Bonchev–Trinajstić information content (AvgIpc) is 3.12. The van der Waals surface area contributed by atoms with Gasteiger partial charge in [-0.2, -0.15) is 0 Å². The summed E-state index contributed by atoms with van der Waals surface area (Å²) < 4.78 is 44.1. The van der Waals surface area contributed by atoms with E-state index in [-0.39, 0.29) is 30.9 Å². The summed E-state index contributed by atoms with van der Waals surface area (Å²) >= 11 is 0. The van der Waals surface area contributed by atoms with Gasteiger partial charge in [-0.3, -0.25) is 4.79 Å². The molecule has 6 rings (SSSR count). The summed E-state index contributed by atoms with van der Waals surface area (Å²) in [6.07, 6.45) is -6.18. The zero-order valence-electron chi connectivity index (χ0n) is 36.2. The fourth-order valence-electron chi connectivity index (χ4n) is 11.0. The number of alkyl carbamates (subject to hydrolysis) is 1. The van der Waals surface area contributed by atoms with Crippen LogP contribution in [0.15, 0.2) is 54.1 Å². The van der Waals surface area contributed by atoms with Gasteiger partial charge >= 0.3 is 24.0 Å². The fraction of sp³-hybridized carbons (Fsp3) is 0.689. The van der Waals surface area contributed by atoms with Crippen LogP contribution < -0.4 is 5.32 Å². The summed E-state index contributed by atoms with van der Waals surface area (Å²) in [5, 5.41) is 28.0. The summed E-state index contributed by atoms with van der Waals surface area (Å²) in [7, 11) is 0. The first-order valence-electron chi connectivity index (χ1n) is 20.7. The predicted molar refractivity (Wildman–Crippen MR) is 214 cm³/mol. The standard InChI is InChI=1S/C45H63NO13/c1-13-32-55-30-20-31-44(22-53-31,58-26(6)47)35-37(57-38(49)27-17-15-14-16-18-27)45(52)21-29(24(4)33(42(45,10)11)25(5)36(56-32)43(30,35)12)54-39(50)34(48)28(19-23(2)3)46-40(51)59-41(7,8)9/h13-18,23,25,28-32,34-37,48,52H,1,19-22H2,2-12H3,(H,46,51)/t25-,28-,29-,30-,31+,32-,34-,35-,36-,37-,43+,44-,45+/m0/s1. The van der Waals surface area contributed by atoms with E-state index in [1.165, 1.54) is 6.92 Å². The number of amides is 1. The van der Waals surface area contributed by atoms with Gasteiger partial charge in [-0.15, -0.1) is 0 Å². The van der Waals surface area contributed by atoms with Crippen molar-refractivity contribution in [2.75, 3.05) is 6.61 Å². The van der Waals surface area contributed by atoms with Crippen LogP contribution in [0.4, 0.5) is 4.79 Å². The zero-order chi connectivity index (χ0) is 43.6. The monoisotopic (exact) mass is 825 g/mol. The minimum Gasteiger partial charge on any atom is -0.456 e. The molecular weight excluding hydrogens is 762 g/mol. The van der Waals surface area contributed by atoms with Crippen LogP contribution in [0.5, 0.6) is 0 Å². The lowest BCUT2D eigenvalue weighted by Crippen LogP contribution is -2.83. The third-order valence-electron chi connectivity index (χ3n) is 13.5. The van der Waals surface area contributed by atoms with Gasteiger partial charge in [0.05, 0.1) is 36.3 Å². The van der Waals surface area contributed by atoms with E-state index in [0.717, 1.165) is 0 Å². The van der Waals surface area contributed by atoms with Gasteiger partial charge in [0.1, 0.15) is 29.5 Å². The van der Waals surface area contributed by atoms with Gasteiger partial charge in [0.2, 0.25) is 0 Å². The molecule has 1 aromatic rings. The van der Waals surface area contributed by atoms with Crippen LogP contribution in [0, 0.1) is 28.6 Å². The predicted octanol–water partition coefficient (Wildman–Crippen LogP) is 5.57. The highest BCUT2D eigenvalue weighted by Gasteiger charge is 2.79. The largest absolute Gasteiger partial charge is 0.456 e. The topological polar surface area (TPSA) is 185 Å². The van der Waals surface area contributed by atoms with Crippen molar-refractivity contribution in [3.05, 3.63) is 59.7 Å². The van der Waals surface area contributed by atoms with Crippen molar-refractivity contribution >= 4 is 24.0 Å². The van der Waals surface area contributed by atoms with Crippen LogP contribution >= 0.6 is 0 Å². The van der Waals surface area contributed by atoms with Crippen molar-refractivity contribution in [2.45, 2.75) is 161 Å². The number of hydrogen-bond donors (Lipinski definition) is 3. The van der Waals surface area contributed by atoms with E-state index in [1.54, 1.807) is 57.2 Å². The van der Waals surface area contributed by atoms with Crippen LogP contribution in [0.25, 0.3) is 0 Å². The van der Waals surface area contributed by atoms with Gasteiger partial charge in [-0.1, -0.05) is 71.9 Å².